The van der Waals surface area contributed by atoms with Gasteiger partial charge in [0.15, 0.2) is 5.96 Å². The van der Waals surface area contributed by atoms with E-state index in [9.17, 15) is 0 Å². The highest BCUT2D eigenvalue weighted by molar-refractivity contribution is 8.00. The molecular formula is C17H33N3OS2. The first-order chi connectivity index (χ1) is 11.2. The van der Waals surface area contributed by atoms with Crippen molar-refractivity contribution in [3.8, 4) is 0 Å². The molecule has 0 bridgehead atoms. The first kappa shape index (κ1) is 19.3. The van der Waals surface area contributed by atoms with Crippen LogP contribution in [0.2, 0.25) is 0 Å². The summed E-state index contributed by atoms with van der Waals surface area (Å²) >= 11 is 4.18. The van der Waals surface area contributed by atoms with Gasteiger partial charge in [-0.05, 0) is 31.9 Å². The van der Waals surface area contributed by atoms with Crippen LogP contribution in [0.5, 0.6) is 0 Å². The molecule has 6 heteroatoms. The summed E-state index contributed by atoms with van der Waals surface area (Å²) < 4.78 is 5.86. The summed E-state index contributed by atoms with van der Waals surface area (Å²) in [7, 11) is 0. The molecule has 1 N–H and O–H groups in total. The molecular weight excluding hydrogens is 326 g/mol. The number of hydrogen-bond donors (Lipinski definition) is 1. The molecule has 2 saturated heterocycles. The number of ether oxygens (including phenoxy) is 1. The Balaban J connectivity index is 2.04. The van der Waals surface area contributed by atoms with Crippen LogP contribution in [0.25, 0.3) is 0 Å². The molecule has 134 valence electrons. The smallest absolute Gasteiger partial charge is 0.194 e. The molecule has 0 saturated carbocycles. The van der Waals surface area contributed by atoms with Gasteiger partial charge in [0.1, 0.15) is 0 Å². The van der Waals surface area contributed by atoms with Gasteiger partial charge in [-0.1, -0.05) is 13.8 Å². The van der Waals surface area contributed by atoms with Crippen LogP contribution < -0.4 is 5.32 Å². The summed E-state index contributed by atoms with van der Waals surface area (Å²) in [6.07, 6.45) is 3.50. The number of rotatable bonds is 6. The van der Waals surface area contributed by atoms with Crippen molar-refractivity contribution in [3.05, 3.63) is 0 Å². The predicted octanol–water partition coefficient (Wildman–Crippen LogP) is 3.08. The molecule has 1 atom stereocenters. The van der Waals surface area contributed by atoms with Crippen LogP contribution in [-0.4, -0.2) is 71.8 Å². The standard InChI is InChI=1S/C17H33N3OS2/c1-4-15-13-20(9-12-22-15)16(18-5-2)19-14-17(23-6-3)7-10-21-11-8-17/h15H,4-14H2,1-3H3,(H,18,19). The molecule has 2 fully saturated rings. The molecule has 2 rings (SSSR count). The fraction of sp³-hybridized carbons (Fsp3) is 0.941. The van der Waals surface area contributed by atoms with Gasteiger partial charge in [-0.2, -0.15) is 23.5 Å². The fourth-order valence-electron chi connectivity index (χ4n) is 3.20. The Morgan fingerprint density at radius 1 is 1.35 bits per heavy atom. The first-order valence-corrected chi connectivity index (χ1v) is 11.1. The Labute approximate surface area is 150 Å². The lowest BCUT2D eigenvalue weighted by molar-refractivity contribution is 0.0793. The molecule has 0 aromatic carbocycles. The van der Waals surface area contributed by atoms with E-state index in [1.807, 2.05) is 0 Å². The maximum atomic E-state index is 5.58. The number of thioether (sulfide) groups is 2. The van der Waals surface area contributed by atoms with Gasteiger partial charge in [-0.3, -0.25) is 4.99 Å². The van der Waals surface area contributed by atoms with Crippen LogP contribution in [0.4, 0.5) is 0 Å². The number of hydrogen-bond acceptors (Lipinski definition) is 4. The number of nitrogens with one attached hydrogen (secondary N) is 1. The van der Waals surface area contributed by atoms with E-state index in [0.717, 1.165) is 69.2 Å². The zero-order valence-electron chi connectivity index (χ0n) is 15.0. The SMILES string of the molecule is CCNC(=NCC1(SCC)CCOCC1)N1CCSC(CC)C1. The molecule has 0 aliphatic carbocycles. The second-order valence-electron chi connectivity index (χ2n) is 6.25. The Morgan fingerprint density at radius 2 is 2.13 bits per heavy atom. The Hall–Kier alpha value is -0.0700. The largest absolute Gasteiger partial charge is 0.381 e. The van der Waals surface area contributed by atoms with Crippen LogP contribution in [0.15, 0.2) is 4.99 Å². The Morgan fingerprint density at radius 3 is 2.78 bits per heavy atom. The van der Waals surface area contributed by atoms with Gasteiger partial charge in [0.2, 0.25) is 0 Å². The molecule has 0 aromatic rings. The van der Waals surface area contributed by atoms with Crippen molar-refractivity contribution in [2.75, 3.05) is 50.9 Å². The second kappa shape index (κ2) is 10.0. The second-order valence-corrected chi connectivity index (χ2v) is 9.39. The van der Waals surface area contributed by atoms with E-state index in [0.29, 0.717) is 0 Å². The average molecular weight is 360 g/mol. The molecule has 0 spiro atoms. The van der Waals surface area contributed by atoms with E-state index in [1.165, 1.54) is 12.2 Å². The third-order valence-corrected chi connectivity index (χ3v) is 7.41. The van der Waals surface area contributed by atoms with Crippen molar-refractivity contribution >= 4 is 29.5 Å². The van der Waals surface area contributed by atoms with Crippen molar-refractivity contribution in [2.45, 2.75) is 50.0 Å². The molecule has 4 nitrogen and oxygen atoms in total. The van der Waals surface area contributed by atoms with Crippen LogP contribution in [-0.2, 0) is 4.74 Å². The quantitative estimate of drug-likeness (QED) is 0.583. The number of nitrogens with zero attached hydrogens (tertiary/aromatic N) is 2. The maximum absolute atomic E-state index is 5.58. The van der Waals surface area contributed by atoms with Gasteiger partial charge < -0.3 is 15.0 Å². The fourth-order valence-corrected chi connectivity index (χ4v) is 5.60. The zero-order valence-corrected chi connectivity index (χ0v) is 16.6. The molecule has 2 aliphatic heterocycles. The number of guanidine groups is 1. The van der Waals surface area contributed by atoms with E-state index >= 15 is 0 Å². The van der Waals surface area contributed by atoms with Crippen molar-refractivity contribution in [2.24, 2.45) is 4.99 Å². The first-order valence-electron chi connectivity index (χ1n) is 9.09. The van der Waals surface area contributed by atoms with Gasteiger partial charge in [0.25, 0.3) is 0 Å². The monoisotopic (exact) mass is 359 g/mol. The van der Waals surface area contributed by atoms with E-state index in [2.05, 4.69) is 54.5 Å². The summed E-state index contributed by atoms with van der Waals surface area (Å²) in [4.78, 5) is 7.54. The molecule has 0 radical (unpaired) electrons. The van der Waals surface area contributed by atoms with E-state index in [-0.39, 0.29) is 4.75 Å². The van der Waals surface area contributed by atoms with E-state index in [4.69, 9.17) is 9.73 Å². The topological polar surface area (TPSA) is 36.9 Å². The van der Waals surface area contributed by atoms with E-state index < -0.39 is 0 Å². The van der Waals surface area contributed by atoms with Crippen molar-refractivity contribution in [1.82, 2.24) is 10.2 Å². The lowest BCUT2D eigenvalue weighted by Gasteiger charge is -2.37. The van der Waals surface area contributed by atoms with Gasteiger partial charge in [0, 0.05) is 48.6 Å². The predicted molar refractivity (Wildman–Crippen MR) is 105 cm³/mol. The summed E-state index contributed by atoms with van der Waals surface area (Å²) in [6.45, 7) is 12.6. The van der Waals surface area contributed by atoms with Gasteiger partial charge in [-0.25, -0.2) is 0 Å². The van der Waals surface area contributed by atoms with Crippen molar-refractivity contribution in [3.63, 3.8) is 0 Å². The highest BCUT2D eigenvalue weighted by Crippen LogP contribution is 2.35. The summed E-state index contributed by atoms with van der Waals surface area (Å²) in [5.74, 6) is 3.49. The van der Waals surface area contributed by atoms with Gasteiger partial charge >= 0.3 is 0 Å². The van der Waals surface area contributed by atoms with Crippen LogP contribution in [0.3, 0.4) is 0 Å². The average Bonchev–Trinajstić information content (AvgIpc) is 2.60. The lowest BCUT2D eigenvalue weighted by Crippen LogP contribution is -2.48. The van der Waals surface area contributed by atoms with Crippen LogP contribution in [0.1, 0.15) is 40.0 Å². The summed E-state index contributed by atoms with van der Waals surface area (Å²) in [6, 6.07) is 0. The molecule has 2 heterocycles. The van der Waals surface area contributed by atoms with Gasteiger partial charge in [-0.15, -0.1) is 0 Å². The number of aliphatic imine (C=N–C) groups is 1. The lowest BCUT2D eigenvalue weighted by atomic mass is 9.99. The minimum Gasteiger partial charge on any atom is -0.381 e. The Bertz CT molecular complexity index is 367. The van der Waals surface area contributed by atoms with Crippen LogP contribution >= 0.6 is 23.5 Å². The molecule has 0 amide bonds. The molecule has 1 unspecified atom stereocenters. The van der Waals surface area contributed by atoms with Crippen molar-refractivity contribution in [1.29, 1.82) is 0 Å². The third kappa shape index (κ3) is 5.75. The minimum atomic E-state index is 0.280. The Kier molecular flexibility index (Phi) is 8.41. The van der Waals surface area contributed by atoms with E-state index in [1.54, 1.807) is 0 Å². The summed E-state index contributed by atoms with van der Waals surface area (Å²) in [5, 5.41) is 4.27. The normalized spacial score (nSPS) is 25.4. The third-order valence-electron chi connectivity index (χ3n) is 4.60. The zero-order chi connectivity index (χ0) is 16.5. The highest BCUT2D eigenvalue weighted by atomic mass is 32.2. The molecule has 23 heavy (non-hydrogen) atoms. The van der Waals surface area contributed by atoms with Crippen LogP contribution in [0, 0.1) is 0 Å². The molecule has 0 aromatic heterocycles. The minimum absolute atomic E-state index is 0.280. The maximum Gasteiger partial charge on any atom is 0.194 e. The van der Waals surface area contributed by atoms with Crippen molar-refractivity contribution < 1.29 is 4.74 Å². The van der Waals surface area contributed by atoms with Gasteiger partial charge in [0.05, 0.1) is 6.54 Å². The summed E-state index contributed by atoms with van der Waals surface area (Å²) in [5.41, 5.74) is 0. The molecule has 2 aliphatic rings. The highest BCUT2D eigenvalue weighted by Gasteiger charge is 2.33.